The van der Waals surface area contributed by atoms with Gasteiger partial charge in [-0.3, -0.25) is 0 Å². The van der Waals surface area contributed by atoms with E-state index in [2.05, 4.69) is 18.3 Å². The average molecular weight is 251 g/mol. The predicted molar refractivity (Wildman–Crippen MR) is 72.7 cm³/mol. The molecule has 3 heteroatoms. The van der Waals surface area contributed by atoms with E-state index in [4.69, 9.17) is 9.15 Å². The van der Waals surface area contributed by atoms with E-state index in [1.54, 1.807) is 6.26 Å². The number of rotatable bonds is 7. The van der Waals surface area contributed by atoms with Gasteiger partial charge in [0.15, 0.2) is 0 Å². The number of furan rings is 1. The lowest BCUT2D eigenvalue weighted by molar-refractivity contribution is 0.0995. The summed E-state index contributed by atoms with van der Waals surface area (Å²) in [7, 11) is 0. The minimum atomic E-state index is 0.410. The van der Waals surface area contributed by atoms with Gasteiger partial charge in [0.05, 0.1) is 12.4 Å². The summed E-state index contributed by atoms with van der Waals surface area (Å²) < 4.78 is 11.1. The number of ether oxygens (including phenoxy) is 1. The second-order valence-corrected chi connectivity index (χ2v) is 5.15. The van der Waals surface area contributed by atoms with E-state index in [0.717, 1.165) is 38.2 Å². The Labute approximate surface area is 110 Å². The molecule has 1 aromatic heterocycles. The molecule has 1 N–H and O–H groups in total. The molecule has 0 saturated carbocycles. The van der Waals surface area contributed by atoms with Crippen molar-refractivity contribution >= 4 is 0 Å². The standard InChI is InChI=1S/C15H25NO2/c1-3-9-16-15(14-8-11-17-12(14)2)7-6-13-5-4-10-18-13/h8,11,13,15-16H,3-7,9-10H2,1-2H3. The highest BCUT2D eigenvalue weighted by Crippen LogP contribution is 2.26. The molecular formula is C15H25NO2. The molecule has 1 aliphatic rings. The van der Waals surface area contributed by atoms with Crippen LogP contribution in [0.5, 0.6) is 0 Å². The summed E-state index contributed by atoms with van der Waals surface area (Å²) in [6, 6.07) is 2.51. The Bertz CT molecular complexity index is 342. The zero-order valence-electron chi connectivity index (χ0n) is 11.6. The highest BCUT2D eigenvalue weighted by molar-refractivity contribution is 5.20. The Balaban J connectivity index is 1.90. The van der Waals surface area contributed by atoms with E-state index in [1.165, 1.54) is 18.4 Å². The molecule has 0 aliphatic carbocycles. The molecule has 2 rings (SSSR count). The monoisotopic (exact) mass is 251 g/mol. The van der Waals surface area contributed by atoms with E-state index in [9.17, 15) is 0 Å². The van der Waals surface area contributed by atoms with Crippen LogP contribution in [0, 0.1) is 6.92 Å². The lowest BCUT2D eigenvalue weighted by Crippen LogP contribution is -2.23. The summed E-state index contributed by atoms with van der Waals surface area (Å²) in [5.41, 5.74) is 1.31. The lowest BCUT2D eigenvalue weighted by Gasteiger charge is -2.20. The maximum Gasteiger partial charge on any atom is 0.105 e. The Morgan fingerprint density at radius 1 is 1.50 bits per heavy atom. The third kappa shape index (κ3) is 3.59. The van der Waals surface area contributed by atoms with Gasteiger partial charge >= 0.3 is 0 Å². The Morgan fingerprint density at radius 2 is 2.39 bits per heavy atom. The van der Waals surface area contributed by atoms with Crippen LogP contribution < -0.4 is 5.32 Å². The van der Waals surface area contributed by atoms with Crippen molar-refractivity contribution in [3.8, 4) is 0 Å². The van der Waals surface area contributed by atoms with Gasteiger partial charge in [-0.1, -0.05) is 6.92 Å². The Kier molecular flexibility index (Phi) is 5.26. The molecule has 1 saturated heterocycles. The first kappa shape index (κ1) is 13.6. The maximum absolute atomic E-state index is 5.70. The van der Waals surface area contributed by atoms with Crippen molar-refractivity contribution in [3.63, 3.8) is 0 Å². The van der Waals surface area contributed by atoms with Crippen molar-refractivity contribution in [3.05, 3.63) is 23.7 Å². The molecule has 2 atom stereocenters. The lowest BCUT2D eigenvalue weighted by atomic mass is 9.99. The molecule has 0 bridgehead atoms. The fourth-order valence-electron chi connectivity index (χ4n) is 2.67. The van der Waals surface area contributed by atoms with E-state index < -0.39 is 0 Å². The van der Waals surface area contributed by atoms with Crippen molar-refractivity contribution in [2.75, 3.05) is 13.2 Å². The molecule has 1 fully saturated rings. The van der Waals surface area contributed by atoms with Crippen LogP contribution >= 0.6 is 0 Å². The molecule has 3 nitrogen and oxygen atoms in total. The Hall–Kier alpha value is -0.800. The first-order valence-corrected chi connectivity index (χ1v) is 7.20. The zero-order valence-corrected chi connectivity index (χ0v) is 11.6. The van der Waals surface area contributed by atoms with Gasteiger partial charge in [0.1, 0.15) is 5.76 Å². The first-order chi connectivity index (χ1) is 8.81. The van der Waals surface area contributed by atoms with Crippen LogP contribution in [0.1, 0.15) is 56.4 Å². The van der Waals surface area contributed by atoms with Crippen LogP contribution in [-0.4, -0.2) is 19.3 Å². The van der Waals surface area contributed by atoms with E-state index in [1.807, 2.05) is 6.92 Å². The van der Waals surface area contributed by atoms with Crippen molar-refractivity contribution in [2.24, 2.45) is 0 Å². The van der Waals surface area contributed by atoms with Crippen LogP contribution in [0.3, 0.4) is 0 Å². The van der Waals surface area contributed by atoms with Gasteiger partial charge in [0, 0.05) is 18.2 Å². The van der Waals surface area contributed by atoms with Gasteiger partial charge in [0.25, 0.3) is 0 Å². The van der Waals surface area contributed by atoms with E-state index >= 15 is 0 Å². The van der Waals surface area contributed by atoms with E-state index in [-0.39, 0.29) is 0 Å². The minimum Gasteiger partial charge on any atom is -0.469 e. The van der Waals surface area contributed by atoms with Gasteiger partial charge in [-0.2, -0.15) is 0 Å². The first-order valence-electron chi connectivity index (χ1n) is 7.20. The van der Waals surface area contributed by atoms with Crippen LogP contribution in [-0.2, 0) is 4.74 Å². The fourth-order valence-corrected chi connectivity index (χ4v) is 2.67. The van der Waals surface area contributed by atoms with Gasteiger partial charge in [-0.25, -0.2) is 0 Å². The molecule has 0 amide bonds. The smallest absolute Gasteiger partial charge is 0.105 e. The predicted octanol–water partition coefficient (Wildman–Crippen LogP) is 3.59. The molecule has 0 spiro atoms. The summed E-state index contributed by atoms with van der Waals surface area (Å²) in [5.74, 6) is 1.04. The fraction of sp³-hybridized carbons (Fsp3) is 0.733. The molecule has 18 heavy (non-hydrogen) atoms. The SMILES string of the molecule is CCCNC(CCC1CCCO1)c1ccoc1C. The highest BCUT2D eigenvalue weighted by atomic mass is 16.5. The average Bonchev–Trinajstić information content (AvgIpc) is 3.01. The van der Waals surface area contributed by atoms with Gasteiger partial charge in [-0.15, -0.1) is 0 Å². The second kappa shape index (κ2) is 6.95. The molecule has 2 unspecified atom stereocenters. The third-order valence-corrected chi connectivity index (χ3v) is 3.72. The van der Waals surface area contributed by atoms with Crippen LogP contribution in [0.4, 0.5) is 0 Å². The summed E-state index contributed by atoms with van der Waals surface area (Å²) in [5, 5.41) is 3.62. The van der Waals surface area contributed by atoms with Crippen LogP contribution in [0.15, 0.2) is 16.7 Å². The van der Waals surface area contributed by atoms with Crippen molar-refractivity contribution < 1.29 is 9.15 Å². The number of hydrogen-bond acceptors (Lipinski definition) is 3. The van der Waals surface area contributed by atoms with Crippen molar-refractivity contribution in [1.29, 1.82) is 0 Å². The molecule has 1 aromatic rings. The van der Waals surface area contributed by atoms with Gasteiger partial charge in [-0.05, 0) is 51.6 Å². The maximum atomic E-state index is 5.70. The van der Waals surface area contributed by atoms with Gasteiger partial charge < -0.3 is 14.5 Å². The van der Waals surface area contributed by atoms with Crippen LogP contribution in [0.25, 0.3) is 0 Å². The summed E-state index contributed by atoms with van der Waals surface area (Å²) in [4.78, 5) is 0. The molecule has 1 aliphatic heterocycles. The molecular weight excluding hydrogens is 226 g/mol. The summed E-state index contributed by atoms with van der Waals surface area (Å²) in [6.07, 6.45) is 8.15. The number of aryl methyl sites for hydroxylation is 1. The topological polar surface area (TPSA) is 34.4 Å². The third-order valence-electron chi connectivity index (χ3n) is 3.72. The second-order valence-electron chi connectivity index (χ2n) is 5.15. The highest BCUT2D eigenvalue weighted by Gasteiger charge is 2.20. The van der Waals surface area contributed by atoms with Gasteiger partial charge in [0.2, 0.25) is 0 Å². The Morgan fingerprint density at radius 3 is 3.00 bits per heavy atom. The van der Waals surface area contributed by atoms with Crippen molar-refractivity contribution in [2.45, 2.75) is 58.1 Å². The van der Waals surface area contributed by atoms with Crippen LogP contribution in [0.2, 0.25) is 0 Å². The van der Waals surface area contributed by atoms with Crippen molar-refractivity contribution in [1.82, 2.24) is 5.32 Å². The molecule has 102 valence electrons. The quantitative estimate of drug-likeness (QED) is 0.804. The largest absolute Gasteiger partial charge is 0.469 e. The summed E-state index contributed by atoms with van der Waals surface area (Å²) >= 11 is 0. The normalized spacial score (nSPS) is 21.3. The van der Waals surface area contributed by atoms with E-state index in [0.29, 0.717) is 12.1 Å². The summed E-state index contributed by atoms with van der Waals surface area (Å²) in [6.45, 7) is 6.25. The molecule has 0 radical (unpaired) electrons. The minimum absolute atomic E-state index is 0.410. The zero-order chi connectivity index (χ0) is 12.8. The molecule has 0 aromatic carbocycles. The molecule has 2 heterocycles. The number of hydrogen-bond donors (Lipinski definition) is 1. The number of nitrogens with one attached hydrogen (secondary N) is 1.